The first kappa shape index (κ1) is 17.5. The molecule has 6 heteroatoms. The number of carbonyl (C=O) groups excluding carboxylic acids is 1. The van der Waals surface area contributed by atoms with E-state index in [4.69, 9.17) is 9.15 Å². The highest BCUT2D eigenvalue weighted by atomic mass is 32.1. The molecule has 1 N–H and O–H groups in total. The minimum Gasteiger partial charge on any atom is -0.494 e. The van der Waals surface area contributed by atoms with Crippen molar-refractivity contribution < 1.29 is 13.9 Å². The van der Waals surface area contributed by atoms with Crippen LogP contribution in [0.1, 0.15) is 35.5 Å². The zero-order valence-corrected chi connectivity index (χ0v) is 16.3. The quantitative estimate of drug-likeness (QED) is 0.492. The zero-order valence-electron chi connectivity index (χ0n) is 15.5. The molecule has 0 fully saturated rings. The number of aromatic nitrogens is 1. The molecule has 138 valence electrons. The van der Waals surface area contributed by atoms with Crippen molar-refractivity contribution in [3.05, 3.63) is 53.3 Å². The number of nitrogens with one attached hydrogen (secondary N) is 1. The molecule has 0 bridgehead atoms. The number of anilines is 1. The Morgan fingerprint density at radius 3 is 2.85 bits per heavy atom. The summed E-state index contributed by atoms with van der Waals surface area (Å²) in [5.41, 5.74) is 3.61. The van der Waals surface area contributed by atoms with Crippen LogP contribution in [-0.2, 0) is 6.42 Å². The van der Waals surface area contributed by atoms with E-state index < -0.39 is 0 Å². The molecule has 0 spiro atoms. The van der Waals surface area contributed by atoms with E-state index in [1.807, 2.05) is 44.2 Å². The Hall–Kier alpha value is -2.86. The van der Waals surface area contributed by atoms with Gasteiger partial charge in [-0.05, 0) is 56.2 Å². The van der Waals surface area contributed by atoms with Crippen LogP contribution in [-0.4, -0.2) is 17.5 Å². The van der Waals surface area contributed by atoms with Crippen LogP contribution in [0.15, 0.2) is 40.8 Å². The molecule has 2 aromatic carbocycles. The Kier molecular flexibility index (Phi) is 4.58. The molecule has 4 rings (SSSR count). The molecule has 0 aliphatic carbocycles. The number of furan rings is 1. The van der Waals surface area contributed by atoms with Crippen LogP contribution >= 0.6 is 11.3 Å². The summed E-state index contributed by atoms with van der Waals surface area (Å²) in [4.78, 5) is 17.2. The number of hydrogen-bond acceptors (Lipinski definition) is 5. The highest BCUT2D eigenvalue weighted by Crippen LogP contribution is 2.31. The van der Waals surface area contributed by atoms with E-state index in [2.05, 4.69) is 23.3 Å². The van der Waals surface area contributed by atoms with Crippen molar-refractivity contribution in [3.8, 4) is 5.75 Å². The van der Waals surface area contributed by atoms with Gasteiger partial charge >= 0.3 is 0 Å². The lowest BCUT2D eigenvalue weighted by atomic mass is 10.1. The number of amides is 1. The molecule has 1 amide bonds. The molecule has 5 nitrogen and oxygen atoms in total. The lowest BCUT2D eigenvalue weighted by Gasteiger charge is -2.00. The van der Waals surface area contributed by atoms with E-state index in [0.29, 0.717) is 17.5 Å². The molecule has 0 atom stereocenters. The fourth-order valence-electron chi connectivity index (χ4n) is 3.07. The number of rotatable bonds is 5. The summed E-state index contributed by atoms with van der Waals surface area (Å²) >= 11 is 1.41. The van der Waals surface area contributed by atoms with Crippen LogP contribution in [0.5, 0.6) is 5.75 Å². The number of fused-ring (bicyclic) bond motifs is 2. The third-order valence-corrected chi connectivity index (χ3v) is 5.44. The lowest BCUT2D eigenvalue weighted by molar-refractivity contribution is 0.0998. The smallest absolute Gasteiger partial charge is 0.293 e. The lowest BCUT2D eigenvalue weighted by Crippen LogP contribution is -2.11. The van der Waals surface area contributed by atoms with E-state index >= 15 is 0 Å². The number of aryl methyl sites for hydroxylation is 2. The number of ether oxygens (including phenoxy) is 1. The molecule has 27 heavy (non-hydrogen) atoms. The Bertz CT molecular complexity index is 1140. The summed E-state index contributed by atoms with van der Waals surface area (Å²) in [7, 11) is 0. The van der Waals surface area contributed by atoms with Crippen LogP contribution in [0.3, 0.4) is 0 Å². The Morgan fingerprint density at radius 1 is 1.22 bits per heavy atom. The van der Waals surface area contributed by atoms with Gasteiger partial charge in [-0.15, -0.1) is 0 Å². The third kappa shape index (κ3) is 3.28. The van der Waals surface area contributed by atoms with E-state index in [1.54, 1.807) is 0 Å². The average Bonchev–Trinajstić information content (AvgIpc) is 3.21. The van der Waals surface area contributed by atoms with Gasteiger partial charge in [-0.1, -0.05) is 24.3 Å². The Morgan fingerprint density at radius 2 is 2.07 bits per heavy atom. The maximum Gasteiger partial charge on any atom is 0.293 e. The zero-order chi connectivity index (χ0) is 19.0. The topological polar surface area (TPSA) is 64.4 Å². The van der Waals surface area contributed by atoms with E-state index in [9.17, 15) is 4.79 Å². The maximum atomic E-state index is 12.7. The molecule has 0 unspecified atom stereocenters. The molecule has 2 aromatic heterocycles. The third-order valence-electron chi connectivity index (χ3n) is 4.51. The van der Waals surface area contributed by atoms with Gasteiger partial charge < -0.3 is 9.15 Å². The van der Waals surface area contributed by atoms with Crippen molar-refractivity contribution in [1.82, 2.24) is 4.98 Å². The number of thiazole rings is 1. The van der Waals surface area contributed by atoms with Gasteiger partial charge in [-0.2, -0.15) is 0 Å². The fourth-order valence-corrected chi connectivity index (χ4v) is 3.96. The molecular formula is C21H20N2O3S. The fraction of sp³-hybridized carbons (Fsp3) is 0.238. The summed E-state index contributed by atoms with van der Waals surface area (Å²) in [6, 6.07) is 11.7. The van der Waals surface area contributed by atoms with Gasteiger partial charge in [-0.3, -0.25) is 10.1 Å². The largest absolute Gasteiger partial charge is 0.494 e. The number of benzene rings is 2. The number of carbonyl (C=O) groups is 1. The van der Waals surface area contributed by atoms with Gasteiger partial charge in [0.1, 0.15) is 11.3 Å². The number of nitrogens with zero attached hydrogens (tertiary/aromatic N) is 1. The van der Waals surface area contributed by atoms with Gasteiger partial charge in [0.25, 0.3) is 5.91 Å². The predicted molar refractivity (Wildman–Crippen MR) is 109 cm³/mol. The first-order valence-corrected chi connectivity index (χ1v) is 9.77. The van der Waals surface area contributed by atoms with Crippen molar-refractivity contribution in [2.75, 3.05) is 11.9 Å². The Labute approximate surface area is 161 Å². The van der Waals surface area contributed by atoms with Crippen molar-refractivity contribution in [3.63, 3.8) is 0 Å². The number of hydrogen-bond donors (Lipinski definition) is 1. The van der Waals surface area contributed by atoms with Crippen LogP contribution in [0.2, 0.25) is 0 Å². The first-order valence-electron chi connectivity index (χ1n) is 8.95. The van der Waals surface area contributed by atoms with Crippen molar-refractivity contribution >= 4 is 43.6 Å². The molecular weight excluding hydrogens is 360 g/mol. The van der Waals surface area contributed by atoms with Crippen LogP contribution in [0.25, 0.3) is 21.2 Å². The average molecular weight is 380 g/mol. The molecule has 0 saturated carbocycles. The SMILES string of the molecule is CCOc1ccc2nc(NC(=O)c3oc4ccc(CC)cc4c3C)sc2c1. The molecule has 0 saturated heterocycles. The van der Waals surface area contributed by atoms with Crippen LogP contribution < -0.4 is 10.1 Å². The first-order chi connectivity index (χ1) is 13.1. The summed E-state index contributed by atoms with van der Waals surface area (Å²) in [5, 5.41) is 4.38. The minimum atomic E-state index is -0.286. The van der Waals surface area contributed by atoms with Gasteiger partial charge in [0.2, 0.25) is 0 Å². The monoisotopic (exact) mass is 380 g/mol. The molecule has 2 heterocycles. The standard InChI is InChI=1S/C21H20N2O3S/c1-4-13-6-9-17-15(10-13)12(3)19(26-17)20(24)23-21-22-16-8-7-14(25-5-2)11-18(16)27-21/h6-11H,4-5H2,1-3H3,(H,22,23,24). The molecule has 0 aliphatic heterocycles. The normalized spacial score (nSPS) is 11.2. The van der Waals surface area contributed by atoms with E-state index in [0.717, 1.165) is 38.9 Å². The van der Waals surface area contributed by atoms with Gasteiger partial charge in [0.15, 0.2) is 10.9 Å². The van der Waals surface area contributed by atoms with Gasteiger partial charge in [0.05, 0.1) is 16.8 Å². The van der Waals surface area contributed by atoms with Gasteiger partial charge in [0, 0.05) is 10.9 Å². The molecule has 4 aromatic rings. The van der Waals surface area contributed by atoms with Crippen LogP contribution in [0, 0.1) is 6.92 Å². The summed E-state index contributed by atoms with van der Waals surface area (Å²) < 4.78 is 12.3. The molecule has 0 radical (unpaired) electrons. The summed E-state index contributed by atoms with van der Waals surface area (Å²) in [6.07, 6.45) is 0.942. The van der Waals surface area contributed by atoms with Crippen molar-refractivity contribution in [1.29, 1.82) is 0 Å². The van der Waals surface area contributed by atoms with Crippen LogP contribution in [0.4, 0.5) is 5.13 Å². The highest BCUT2D eigenvalue weighted by molar-refractivity contribution is 7.22. The van der Waals surface area contributed by atoms with Crippen molar-refractivity contribution in [2.45, 2.75) is 27.2 Å². The second-order valence-electron chi connectivity index (χ2n) is 6.28. The molecule has 0 aliphatic rings. The highest BCUT2D eigenvalue weighted by Gasteiger charge is 2.19. The Balaban J connectivity index is 1.63. The van der Waals surface area contributed by atoms with E-state index in [1.165, 1.54) is 16.9 Å². The van der Waals surface area contributed by atoms with Gasteiger partial charge in [-0.25, -0.2) is 4.98 Å². The second-order valence-corrected chi connectivity index (χ2v) is 7.31. The van der Waals surface area contributed by atoms with E-state index in [-0.39, 0.29) is 5.91 Å². The maximum absolute atomic E-state index is 12.7. The summed E-state index contributed by atoms with van der Waals surface area (Å²) in [5.74, 6) is 0.838. The summed E-state index contributed by atoms with van der Waals surface area (Å²) in [6.45, 7) is 6.57. The second kappa shape index (κ2) is 7.04. The van der Waals surface area contributed by atoms with Crippen molar-refractivity contribution in [2.24, 2.45) is 0 Å². The minimum absolute atomic E-state index is 0.286. The predicted octanol–water partition coefficient (Wildman–Crippen LogP) is 5.56.